The molecule has 1 fully saturated rings. The third kappa shape index (κ3) is 5.80. The summed E-state index contributed by atoms with van der Waals surface area (Å²) in [6, 6.07) is 8.59. The number of piperidine rings is 1. The van der Waals surface area contributed by atoms with Gasteiger partial charge in [-0.05, 0) is 58.2 Å². The summed E-state index contributed by atoms with van der Waals surface area (Å²) in [5.74, 6) is 0.0119. The molecule has 1 atom stereocenters. The van der Waals surface area contributed by atoms with Crippen molar-refractivity contribution in [3.8, 4) is 0 Å². The van der Waals surface area contributed by atoms with Crippen LogP contribution in [0.2, 0.25) is 0 Å². The molecule has 0 bridgehead atoms. The van der Waals surface area contributed by atoms with Gasteiger partial charge in [0, 0.05) is 30.4 Å². The fourth-order valence-electron chi connectivity index (χ4n) is 2.92. The molecule has 1 amide bonds. The Labute approximate surface area is 145 Å². The lowest BCUT2D eigenvalue weighted by Gasteiger charge is -2.31. The Balaban J connectivity index is 1.85. The first-order valence-corrected chi connectivity index (χ1v) is 8.82. The molecule has 0 radical (unpaired) electrons. The number of carbonyl (C=O) groups excluding carboxylic acids is 1. The summed E-state index contributed by atoms with van der Waals surface area (Å²) in [6.07, 6.45) is 1.52. The maximum Gasteiger partial charge on any atom is 0.234 e. The maximum absolute atomic E-state index is 11.9. The zero-order valence-electron chi connectivity index (χ0n) is 15.3. The number of rotatable bonds is 5. The fraction of sp³-hybridized carbons (Fsp3) is 0.632. The minimum Gasteiger partial charge on any atom is -0.393 e. The third-order valence-corrected chi connectivity index (χ3v) is 4.31. The molecule has 5 heteroatoms. The van der Waals surface area contributed by atoms with E-state index < -0.39 is 0 Å². The second-order valence-electron chi connectivity index (χ2n) is 7.71. The molecular formula is C19H31N3O2. The zero-order valence-corrected chi connectivity index (χ0v) is 15.3. The van der Waals surface area contributed by atoms with E-state index in [1.54, 1.807) is 0 Å². The largest absolute Gasteiger partial charge is 0.393 e. The van der Waals surface area contributed by atoms with Gasteiger partial charge in [-0.2, -0.15) is 0 Å². The second kappa shape index (κ2) is 7.99. The van der Waals surface area contributed by atoms with Gasteiger partial charge in [0.1, 0.15) is 0 Å². The zero-order chi connectivity index (χ0) is 17.7. The summed E-state index contributed by atoms with van der Waals surface area (Å²) in [7, 11) is 0. The van der Waals surface area contributed by atoms with Gasteiger partial charge in [0.2, 0.25) is 5.91 Å². The molecule has 0 spiro atoms. The highest BCUT2D eigenvalue weighted by Gasteiger charge is 2.18. The molecule has 3 N–H and O–H groups in total. The molecule has 1 aliphatic rings. The number of carbonyl (C=O) groups is 1. The Kier molecular flexibility index (Phi) is 6.24. The molecule has 1 aromatic rings. The third-order valence-electron chi connectivity index (χ3n) is 4.31. The van der Waals surface area contributed by atoms with Gasteiger partial charge >= 0.3 is 0 Å². The van der Waals surface area contributed by atoms with E-state index in [1.165, 1.54) is 11.3 Å². The molecule has 1 unspecified atom stereocenters. The summed E-state index contributed by atoms with van der Waals surface area (Å²) >= 11 is 0. The Bertz CT molecular complexity index is 529. The maximum atomic E-state index is 11.9. The molecule has 24 heavy (non-hydrogen) atoms. The lowest BCUT2D eigenvalue weighted by Crippen LogP contribution is -2.45. The molecular weight excluding hydrogens is 302 g/mol. The van der Waals surface area contributed by atoms with Crippen LogP contribution in [0.15, 0.2) is 24.3 Å². The first-order valence-electron chi connectivity index (χ1n) is 8.82. The number of amides is 1. The van der Waals surface area contributed by atoms with Gasteiger partial charge in [-0.15, -0.1) is 0 Å². The monoisotopic (exact) mass is 333 g/mol. The van der Waals surface area contributed by atoms with Crippen LogP contribution in [-0.2, 0) is 4.79 Å². The van der Waals surface area contributed by atoms with Gasteiger partial charge in [-0.3, -0.25) is 4.79 Å². The molecule has 0 saturated carbocycles. The first kappa shape index (κ1) is 18.7. The van der Waals surface area contributed by atoms with Crippen molar-refractivity contribution in [1.29, 1.82) is 0 Å². The molecule has 1 aliphatic heterocycles. The van der Waals surface area contributed by atoms with Gasteiger partial charge in [0.15, 0.2) is 0 Å². The quantitative estimate of drug-likeness (QED) is 0.773. The van der Waals surface area contributed by atoms with E-state index in [9.17, 15) is 9.90 Å². The first-order chi connectivity index (χ1) is 11.2. The van der Waals surface area contributed by atoms with Crippen molar-refractivity contribution < 1.29 is 9.90 Å². The van der Waals surface area contributed by atoms with Crippen LogP contribution in [0.1, 0.15) is 52.1 Å². The summed E-state index contributed by atoms with van der Waals surface area (Å²) < 4.78 is 0. The normalized spacial score (nSPS) is 17.6. The molecule has 134 valence electrons. The highest BCUT2D eigenvalue weighted by molar-refractivity contribution is 5.78. The average molecular weight is 333 g/mol. The van der Waals surface area contributed by atoms with Crippen LogP contribution in [0, 0.1) is 0 Å². The highest BCUT2D eigenvalue weighted by Crippen LogP contribution is 2.22. The second-order valence-corrected chi connectivity index (χ2v) is 7.71. The van der Waals surface area contributed by atoms with Crippen molar-refractivity contribution >= 4 is 11.6 Å². The minimum atomic E-state index is -0.203. The predicted octanol–water partition coefficient (Wildman–Crippen LogP) is 2.21. The van der Waals surface area contributed by atoms with Crippen molar-refractivity contribution in [3.05, 3.63) is 29.8 Å². The Morgan fingerprint density at radius 2 is 1.83 bits per heavy atom. The number of aliphatic hydroxyl groups excluding tert-OH is 1. The summed E-state index contributed by atoms with van der Waals surface area (Å²) in [5, 5.41) is 15.8. The minimum absolute atomic E-state index is 0.0119. The number of benzene rings is 1. The van der Waals surface area contributed by atoms with E-state index in [1.807, 2.05) is 20.8 Å². The molecule has 2 rings (SSSR count). The molecule has 0 aliphatic carbocycles. The number of anilines is 1. The van der Waals surface area contributed by atoms with Crippen LogP contribution in [-0.4, -0.2) is 42.3 Å². The lowest BCUT2D eigenvalue weighted by atomic mass is 10.0. The summed E-state index contributed by atoms with van der Waals surface area (Å²) in [4.78, 5) is 14.2. The summed E-state index contributed by atoms with van der Waals surface area (Å²) in [6.45, 7) is 10.1. The number of nitrogens with one attached hydrogen (secondary N) is 2. The van der Waals surface area contributed by atoms with Crippen LogP contribution in [0.25, 0.3) is 0 Å². The number of hydrogen-bond donors (Lipinski definition) is 3. The number of hydrogen-bond acceptors (Lipinski definition) is 4. The Morgan fingerprint density at radius 1 is 1.25 bits per heavy atom. The predicted molar refractivity (Wildman–Crippen MR) is 98.2 cm³/mol. The van der Waals surface area contributed by atoms with Crippen LogP contribution >= 0.6 is 0 Å². The van der Waals surface area contributed by atoms with Crippen LogP contribution < -0.4 is 15.5 Å². The van der Waals surface area contributed by atoms with Crippen LogP contribution in [0.5, 0.6) is 0 Å². The van der Waals surface area contributed by atoms with Crippen molar-refractivity contribution in [2.45, 2.75) is 58.2 Å². The number of nitrogens with zero attached hydrogens (tertiary/aromatic N) is 1. The van der Waals surface area contributed by atoms with Gasteiger partial charge in [-0.1, -0.05) is 12.1 Å². The van der Waals surface area contributed by atoms with Gasteiger partial charge in [0.05, 0.1) is 12.6 Å². The standard InChI is InChI=1S/C19H31N3O2/c1-14(20-13-18(24)21-19(2,3)4)15-5-7-16(8-6-15)22-11-9-17(23)10-12-22/h5-8,14,17,20,23H,9-13H2,1-4H3,(H,21,24). The molecule has 0 aromatic heterocycles. The highest BCUT2D eigenvalue weighted by atomic mass is 16.3. The smallest absolute Gasteiger partial charge is 0.234 e. The van der Waals surface area contributed by atoms with Crippen LogP contribution in [0.3, 0.4) is 0 Å². The molecule has 1 saturated heterocycles. The molecule has 5 nitrogen and oxygen atoms in total. The van der Waals surface area contributed by atoms with E-state index in [-0.39, 0.29) is 23.6 Å². The lowest BCUT2D eigenvalue weighted by molar-refractivity contribution is -0.121. The van der Waals surface area contributed by atoms with Crippen molar-refractivity contribution in [2.75, 3.05) is 24.5 Å². The fourth-order valence-corrected chi connectivity index (χ4v) is 2.92. The molecule has 1 aromatic carbocycles. The molecule has 1 heterocycles. The SMILES string of the molecule is CC(NCC(=O)NC(C)(C)C)c1ccc(N2CCC(O)CC2)cc1. The number of aliphatic hydroxyl groups is 1. The van der Waals surface area contributed by atoms with Gasteiger partial charge in [-0.25, -0.2) is 0 Å². The Hall–Kier alpha value is -1.59. The van der Waals surface area contributed by atoms with E-state index in [4.69, 9.17) is 0 Å². The van der Waals surface area contributed by atoms with Crippen molar-refractivity contribution in [2.24, 2.45) is 0 Å². The topological polar surface area (TPSA) is 64.6 Å². The van der Waals surface area contributed by atoms with E-state index in [0.717, 1.165) is 25.9 Å². The Morgan fingerprint density at radius 3 is 2.38 bits per heavy atom. The van der Waals surface area contributed by atoms with Gasteiger partial charge < -0.3 is 20.6 Å². The van der Waals surface area contributed by atoms with Crippen molar-refractivity contribution in [1.82, 2.24) is 10.6 Å². The van der Waals surface area contributed by atoms with Gasteiger partial charge in [0.25, 0.3) is 0 Å². The average Bonchev–Trinajstić information content (AvgIpc) is 2.52. The van der Waals surface area contributed by atoms with Crippen molar-refractivity contribution in [3.63, 3.8) is 0 Å². The van der Waals surface area contributed by atoms with E-state index >= 15 is 0 Å². The van der Waals surface area contributed by atoms with E-state index in [2.05, 4.69) is 46.7 Å². The summed E-state index contributed by atoms with van der Waals surface area (Å²) in [5.41, 5.74) is 2.16. The van der Waals surface area contributed by atoms with E-state index in [0.29, 0.717) is 6.54 Å². The van der Waals surface area contributed by atoms with Crippen LogP contribution in [0.4, 0.5) is 5.69 Å².